The largest absolute Gasteiger partial charge is 0.497 e. The van der Waals surface area contributed by atoms with E-state index in [1.54, 1.807) is 71.4 Å². The number of amides is 2. The Bertz CT molecular complexity index is 1500. The molecule has 0 unspecified atom stereocenters. The number of carbonyl (C=O) groups excluding carboxylic acids is 2. The summed E-state index contributed by atoms with van der Waals surface area (Å²) < 4.78 is 29.5. The molecule has 0 bridgehead atoms. The molecule has 0 saturated carbocycles. The van der Waals surface area contributed by atoms with Gasteiger partial charge in [-0.05, 0) is 62.7 Å². The molecule has 1 saturated heterocycles. The number of anilines is 2. The predicted molar refractivity (Wildman–Crippen MR) is 160 cm³/mol. The van der Waals surface area contributed by atoms with Crippen LogP contribution in [0.15, 0.2) is 61.3 Å². The molecule has 0 radical (unpaired) electrons. The Balaban J connectivity index is 1.49. The number of halogens is 1. The van der Waals surface area contributed by atoms with Crippen molar-refractivity contribution in [3.63, 3.8) is 0 Å². The molecule has 2 amide bonds. The van der Waals surface area contributed by atoms with Crippen LogP contribution < -0.4 is 15.0 Å². The smallest absolute Gasteiger partial charge is 0.264 e. The molecular formula is C32H38FN5O5. The molecule has 2 aromatic carbocycles. The number of aryl methyl sites for hydroxylation is 1. The topological polar surface area (TPSA) is 119 Å². The van der Waals surface area contributed by atoms with E-state index in [1.807, 2.05) is 6.92 Å². The van der Waals surface area contributed by atoms with Gasteiger partial charge >= 0.3 is 0 Å². The molecular weight excluding hydrogens is 553 g/mol. The number of nitrogens with zero attached hydrogens (tertiary/aromatic N) is 4. The zero-order chi connectivity index (χ0) is 30.9. The van der Waals surface area contributed by atoms with E-state index in [2.05, 4.69) is 22.2 Å². The number of carbonyl (C=O) groups is 2. The Hall–Kier alpha value is -4.09. The molecule has 1 aromatic heterocycles. The van der Waals surface area contributed by atoms with Crippen LogP contribution in [0.3, 0.4) is 0 Å². The molecule has 10 nitrogen and oxygen atoms in total. The Labute approximate surface area is 250 Å². The first-order valence-electron chi connectivity index (χ1n) is 14.4. The van der Waals surface area contributed by atoms with Crippen molar-refractivity contribution in [2.24, 2.45) is 11.8 Å². The van der Waals surface area contributed by atoms with E-state index in [1.165, 1.54) is 13.8 Å². The van der Waals surface area contributed by atoms with Crippen molar-refractivity contribution >= 4 is 23.2 Å². The molecule has 228 valence electrons. The van der Waals surface area contributed by atoms with Crippen LogP contribution in [0, 0.1) is 11.8 Å². The van der Waals surface area contributed by atoms with Gasteiger partial charge in [-0.25, -0.2) is 4.39 Å². The first-order valence-corrected chi connectivity index (χ1v) is 14.4. The fourth-order valence-corrected chi connectivity index (χ4v) is 6.59. The van der Waals surface area contributed by atoms with Gasteiger partial charge in [-0.3, -0.25) is 14.3 Å². The quantitative estimate of drug-likeness (QED) is 0.320. The number of aliphatic hydroxyl groups excluding tert-OH is 1. The number of fused-ring (bicyclic) bond motifs is 2. The summed E-state index contributed by atoms with van der Waals surface area (Å²) in [6.07, 6.45) is 3.56. The molecule has 4 atom stereocenters. The van der Waals surface area contributed by atoms with Gasteiger partial charge in [0, 0.05) is 61.0 Å². The molecule has 0 aliphatic carbocycles. The maximum Gasteiger partial charge on any atom is 0.264 e. The second-order valence-electron chi connectivity index (χ2n) is 11.6. The minimum atomic E-state index is -1.66. The normalized spacial score (nSPS) is 23.1. The molecule has 2 N–H and O–H groups in total. The van der Waals surface area contributed by atoms with Gasteiger partial charge < -0.3 is 24.8 Å². The lowest BCUT2D eigenvalue weighted by Crippen LogP contribution is -2.45. The van der Waals surface area contributed by atoms with E-state index in [0.717, 1.165) is 0 Å². The molecule has 2 aliphatic rings. The number of aromatic nitrogens is 3. The summed E-state index contributed by atoms with van der Waals surface area (Å²) in [5, 5.41) is 20.3. The number of aliphatic hydroxyl groups is 1. The fraction of sp³-hybridized carbons (Fsp3) is 0.438. The van der Waals surface area contributed by atoms with Gasteiger partial charge in [-0.15, -0.1) is 11.7 Å². The molecule has 3 heterocycles. The Morgan fingerprint density at radius 3 is 2.67 bits per heavy atom. The summed E-state index contributed by atoms with van der Waals surface area (Å²) in [5.74, 6) is -1.12. The van der Waals surface area contributed by atoms with Crippen molar-refractivity contribution in [3.8, 4) is 5.75 Å². The number of ether oxygens (including phenoxy) is 2. The van der Waals surface area contributed by atoms with Crippen molar-refractivity contribution in [2.75, 3.05) is 30.5 Å². The van der Waals surface area contributed by atoms with Crippen LogP contribution in [-0.2, 0) is 28.1 Å². The van der Waals surface area contributed by atoms with E-state index >= 15 is 4.39 Å². The maximum atomic E-state index is 16.0. The van der Waals surface area contributed by atoms with Crippen LogP contribution in [0.2, 0.25) is 0 Å². The zero-order valence-corrected chi connectivity index (χ0v) is 24.9. The summed E-state index contributed by atoms with van der Waals surface area (Å²) in [6, 6.07) is 12.0. The van der Waals surface area contributed by atoms with Crippen molar-refractivity contribution in [1.29, 1.82) is 0 Å². The second-order valence-corrected chi connectivity index (χ2v) is 11.6. The highest BCUT2D eigenvalue weighted by atomic mass is 19.1. The Morgan fingerprint density at radius 2 is 2.02 bits per heavy atom. The first kappa shape index (κ1) is 30.4. The van der Waals surface area contributed by atoms with Crippen LogP contribution in [0.4, 0.5) is 15.8 Å². The third-order valence-corrected chi connectivity index (χ3v) is 8.48. The van der Waals surface area contributed by atoms with Gasteiger partial charge in [0.2, 0.25) is 0 Å². The Kier molecular flexibility index (Phi) is 8.40. The number of nitrogens with one attached hydrogen (secondary N) is 1. The van der Waals surface area contributed by atoms with Crippen molar-refractivity contribution < 1.29 is 28.6 Å². The number of methoxy groups -OCH3 is 1. The summed E-state index contributed by atoms with van der Waals surface area (Å²) >= 11 is 0. The summed E-state index contributed by atoms with van der Waals surface area (Å²) in [4.78, 5) is 28.9. The number of hydrogen-bond acceptors (Lipinski definition) is 7. The van der Waals surface area contributed by atoms with Crippen LogP contribution in [0.1, 0.15) is 48.8 Å². The molecule has 1 spiro atoms. The molecule has 3 aromatic rings. The van der Waals surface area contributed by atoms with Crippen LogP contribution in [0.5, 0.6) is 5.75 Å². The van der Waals surface area contributed by atoms with E-state index in [-0.39, 0.29) is 25.0 Å². The van der Waals surface area contributed by atoms with Gasteiger partial charge in [-0.2, -0.15) is 0 Å². The van der Waals surface area contributed by atoms with E-state index < -0.39 is 29.2 Å². The van der Waals surface area contributed by atoms with Crippen LogP contribution in [-0.4, -0.2) is 63.9 Å². The van der Waals surface area contributed by atoms with Gasteiger partial charge in [0.1, 0.15) is 11.4 Å². The number of alkyl halides is 1. The van der Waals surface area contributed by atoms with Crippen molar-refractivity contribution in [2.45, 2.75) is 57.5 Å². The predicted octanol–water partition coefficient (Wildman–Crippen LogP) is 4.29. The van der Waals surface area contributed by atoms with Gasteiger partial charge in [0.05, 0.1) is 24.6 Å². The van der Waals surface area contributed by atoms with Crippen LogP contribution in [0.25, 0.3) is 0 Å². The molecule has 1 fully saturated rings. The minimum absolute atomic E-state index is 0.0339. The number of hydrogen-bond donors (Lipinski definition) is 2. The van der Waals surface area contributed by atoms with Gasteiger partial charge in [-0.1, -0.05) is 18.2 Å². The highest BCUT2D eigenvalue weighted by molar-refractivity contribution is 6.09. The SMILES string of the molecule is C=CCN1C(=O)[C@]2(O[C@H](CCn3cc(CCO)nn3)[C@@H](C(C)(C)F)[C@@H]2C)c2cc(NC(=O)c3ccc(OC)cc3)ccc21. The van der Waals surface area contributed by atoms with Gasteiger partial charge in [0.15, 0.2) is 5.60 Å². The van der Waals surface area contributed by atoms with Crippen LogP contribution >= 0.6 is 0 Å². The second kappa shape index (κ2) is 11.9. The minimum Gasteiger partial charge on any atom is -0.497 e. The third kappa shape index (κ3) is 5.54. The molecule has 5 rings (SSSR count). The molecule has 11 heteroatoms. The maximum absolute atomic E-state index is 16.0. The van der Waals surface area contributed by atoms with E-state index in [9.17, 15) is 14.7 Å². The van der Waals surface area contributed by atoms with Gasteiger partial charge in [0.25, 0.3) is 11.8 Å². The fourth-order valence-electron chi connectivity index (χ4n) is 6.59. The van der Waals surface area contributed by atoms with Crippen molar-refractivity contribution in [1.82, 2.24) is 15.0 Å². The summed E-state index contributed by atoms with van der Waals surface area (Å²) in [5.41, 5.74) is -0.303. The Morgan fingerprint density at radius 1 is 1.28 bits per heavy atom. The lowest BCUT2D eigenvalue weighted by molar-refractivity contribution is -0.146. The highest BCUT2D eigenvalue weighted by Gasteiger charge is 2.66. The summed E-state index contributed by atoms with van der Waals surface area (Å²) in [6.45, 7) is 9.34. The van der Waals surface area contributed by atoms with E-state index in [4.69, 9.17) is 9.47 Å². The average molecular weight is 592 g/mol. The number of rotatable bonds is 11. The molecule has 43 heavy (non-hydrogen) atoms. The summed E-state index contributed by atoms with van der Waals surface area (Å²) in [7, 11) is 1.56. The average Bonchev–Trinajstić information content (AvgIpc) is 3.62. The lowest BCUT2D eigenvalue weighted by Gasteiger charge is -2.32. The number of benzene rings is 2. The molecule has 2 aliphatic heterocycles. The highest BCUT2D eigenvalue weighted by Crippen LogP contribution is 2.58. The lowest BCUT2D eigenvalue weighted by atomic mass is 9.71. The monoisotopic (exact) mass is 591 g/mol. The third-order valence-electron chi connectivity index (χ3n) is 8.48. The first-order chi connectivity index (χ1) is 20.5. The standard InChI is InChI=1S/C32H38FN5O5/c1-6-15-38-26-12-9-22(34-29(40)21-7-10-24(42-5)11-8-21)18-25(26)32(30(38)41)20(2)28(31(3,4)33)27(43-32)13-16-37-19-23(14-17-39)35-36-37/h6-12,18-20,27-28,39H,1,13-17H2,2-5H3,(H,34,40)/t20-,27+,28-,32+/m0/s1. The van der Waals surface area contributed by atoms with E-state index in [0.29, 0.717) is 53.3 Å². The van der Waals surface area contributed by atoms with Crippen molar-refractivity contribution in [3.05, 3.63) is 78.1 Å². The zero-order valence-electron chi connectivity index (χ0n) is 24.9.